The van der Waals surface area contributed by atoms with E-state index < -0.39 is 4.32 Å². The van der Waals surface area contributed by atoms with Crippen LogP contribution in [0, 0.1) is 27.7 Å². The zero-order chi connectivity index (χ0) is 30.6. The number of alkyl halides is 1. The summed E-state index contributed by atoms with van der Waals surface area (Å²) >= 11 is 3.40. The number of halogens is 1. The van der Waals surface area contributed by atoms with Crippen LogP contribution in [0.1, 0.15) is 134 Å². The second-order valence-corrected chi connectivity index (χ2v) is 15.1. The molecule has 2 aromatic carbocycles. The van der Waals surface area contributed by atoms with Crippen molar-refractivity contribution in [3.05, 3.63) is 69.8 Å². The Balaban J connectivity index is 0.000000677. The SMILES string of the molecule is C.C.C1CCCCC1.Cc1cccc(C)c1CC(=O)C(C)(C)Br.Cc1cccc(C)c1CC(=O)C(C)(C)N1CCCCC1. The van der Waals surface area contributed by atoms with E-state index in [4.69, 9.17) is 0 Å². The van der Waals surface area contributed by atoms with E-state index in [1.54, 1.807) is 0 Å². The third kappa shape index (κ3) is 13.4. The quantitative estimate of drug-likeness (QED) is 0.278. The van der Waals surface area contributed by atoms with Gasteiger partial charge in [-0.3, -0.25) is 14.5 Å². The summed E-state index contributed by atoms with van der Waals surface area (Å²) in [4.78, 5) is 27.1. The largest absolute Gasteiger partial charge is 0.298 e. The van der Waals surface area contributed by atoms with Gasteiger partial charge in [-0.15, -0.1) is 0 Å². The second-order valence-electron chi connectivity index (χ2n) is 13.1. The number of carbonyl (C=O) groups is 2. The van der Waals surface area contributed by atoms with Crippen LogP contribution in [0.4, 0.5) is 0 Å². The number of hydrogen-bond donors (Lipinski definition) is 0. The maximum atomic E-state index is 12.8. The minimum Gasteiger partial charge on any atom is -0.298 e. The molecule has 1 heterocycles. The van der Waals surface area contributed by atoms with Crippen LogP contribution in [0.2, 0.25) is 0 Å². The molecule has 4 heteroatoms. The molecular formula is C39H64BrNO2. The summed E-state index contributed by atoms with van der Waals surface area (Å²) in [6, 6.07) is 12.4. The normalized spacial score (nSPS) is 15.4. The Bertz CT molecular complexity index is 1070. The Hall–Kier alpha value is -1.78. The molecule has 43 heavy (non-hydrogen) atoms. The zero-order valence-electron chi connectivity index (χ0n) is 27.3. The lowest BCUT2D eigenvalue weighted by molar-refractivity contribution is -0.129. The Morgan fingerprint density at radius 2 is 0.907 bits per heavy atom. The van der Waals surface area contributed by atoms with Crippen molar-refractivity contribution in [1.29, 1.82) is 0 Å². The minimum absolute atomic E-state index is 0. The summed E-state index contributed by atoms with van der Waals surface area (Å²) in [6.45, 7) is 18.4. The molecule has 244 valence electrons. The molecule has 0 unspecified atom stereocenters. The molecule has 1 saturated carbocycles. The van der Waals surface area contributed by atoms with E-state index >= 15 is 0 Å². The standard InChI is InChI=1S/C18H27NO.C13H17BrO.C6H12.2CH4/c1-14-9-8-10-15(2)16(14)13-17(20)18(3,4)19-11-6-5-7-12-19;1-9-6-5-7-10(2)11(9)8-12(15)13(3,4)14;1-2-4-6-5-3-1;;/h8-10H,5-7,11-13H2,1-4H3;5-7H,8H2,1-4H3;1-6H2;2*1H4. The third-order valence-corrected chi connectivity index (χ3v) is 9.40. The summed E-state index contributed by atoms with van der Waals surface area (Å²) < 4.78 is -0.429. The monoisotopic (exact) mass is 657 g/mol. The second kappa shape index (κ2) is 19.6. The highest BCUT2D eigenvalue weighted by molar-refractivity contribution is 9.10. The summed E-state index contributed by atoms with van der Waals surface area (Å²) in [5, 5.41) is 0. The van der Waals surface area contributed by atoms with E-state index in [0.29, 0.717) is 18.6 Å². The fraction of sp³-hybridized carbons (Fsp3) is 0.641. The molecule has 3 nitrogen and oxygen atoms in total. The van der Waals surface area contributed by atoms with Crippen molar-refractivity contribution < 1.29 is 9.59 Å². The van der Waals surface area contributed by atoms with Gasteiger partial charge in [0.15, 0.2) is 11.6 Å². The van der Waals surface area contributed by atoms with Gasteiger partial charge in [0.25, 0.3) is 0 Å². The van der Waals surface area contributed by atoms with Crippen molar-refractivity contribution in [2.24, 2.45) is 0 Å². The molecule has 1 aliphatic carbocycles. The van der Waals surface area contributed by atoms with Gasteiger partial charge in [-0.2, -0.15) is 0 Å². The van der Waals surface area contributed by atoms with Gasteiger partial charge >= 0.3 is 0 Å². The number of rotatable bonds is 7. The van der Waals surface area contributed by atoms with Crippen LogP contribution in [0.25, 0.3) is 0 Å². The fourth-order valence-electron chi connectivity index (χ4n) is 5.69. The van der Waals surface area contributed by atoms with Crippen LogP contribution in [0.5, 0.6) is 0 Å². The first-order valence-electron chi connectivity index (χ1n) is 15.9. The molecule has 0 bridgehead atoms. The Kier molecular flexibility index (Phi) is 18.8. The first-order chi connectivity index (χ1) is 19.2. The fourth-order valence-corrected chi connectivity index (χ4v) is 5.83. The van der Waals surface area contributed by atoms with Gasteiger partial charge in [-0.25, -0.2) is 0 Å². The number of benzene rings is 2. The Morgan fingerprint density at radius 3 is 1.23 bits per heavy atom. The van der Waals surface area contributed by atoms with Crippen LogP contribution in [0.3, 0.4) is 0 Å². The van der Waals surface area contributed by atoms with Gasteiger partial charge in [0.1, 0.15) is 0 Å². The molecule has 4 rings (SSSR count). The molecule has 0 amide bonds. The Morgan fingerprint density at radius 1 is 0.605 bits per heavy atom. The number of ketones is 2. The van der Waals surface area contributed by atoms with E-state index in [2.05, 4.69) is 92.7 Å². The molecular weight excluding hydrogens is 594 g/mol. The number of aryl methyl sites for hydroxylation is 4. The average molecular weight is 659 g/mol. The van der Waals surface area contributed by atoms with Crippen LogP contribution in [-0.4, -0.2) is 39.4 Å². The minimum atomic E-state index is -0.429. The average Bonchev–Trinajstić information content (AvgIpc) is 2.94. The molecule has 1 saturated heterocycles. The molecule has 2 fully saturated rings. The van der Waals surface area contributed by atoms with E-state index in [-0.39, 0.29) is 26.2 Å². The first-order valence-corrected chi connectivity index (χ1v) is 16.6. The zero-order valence-corrected chi connectivity index (χ0v) is 28.9. The van der Waals surface area contributed by atoms with Gasteiger partial charge in [0.05, 0.1) is 9.86 Å². The predicted octanol–water partition coefficient (Wildman–Crippen LogP) is 10.9. The van der Waals surface area contributed by atoms with Crippen molar-refractivity contribution in [2.45, 2.75) is 151 Å². The highest BCUT2D eigenvalue weighted by Gasteiger charge is 2.35. The molecule has 0 spiro atoms. The summed E-state index contributed by atoms with van der Waals surface area (Å²) in [5.41, 5.74) is 6.88. The first kappa shape index (κ1) is 41.2. The molecule has 0 radical (unpaired) electrons. The summed E-state index contributed by atoms with van der Waals surface area (Å²) in [5.74, 6) is 0.566. The van der Waals surface area contributed by atoms with Crippen molar-refractivity contribution >= 4 is 27.5 Å². The number of carbonyl (C=O) groups excluding carboxylic acids is 2. The van der Waals surface area contributed by atoms with Crippen molar-refractivity contribution in [3.8, 4) is 0 Å². The highest BCUT2D eigenvalue weighted by Crippen LogP contribution is 2.25. The topological polar surface area (TPSA) is 37.4 Å². The number of Topliss-reactive ketones (excluding diaryl/α,β-unsaturated/α-hetero) is 2. The maximum Gasteiger partial charge on any atom is 0.156 e. The van der Waals surface area contributed by atoms with E-state index in [1.807, 2.05) is 19.9 Å². The van der Waals surface area contributed by atoms with Gasteiger partial charge < -0.3 is 0 Å². The molecule has 1 aliphatic heterocycles. The van der Waals surface area contributed by atoms with Gasteiger partial charge in [-0.05, 0) is 115 Å². The highest BCUT2D eigenvalue weighted by atomic mass is 79.9. The van der Waals surface area contributed by atoms with E-state index in [0.717, 1.165) is 18.7 Å². The van der Waals surface area contributed by atoms with Gasteiger partial charge in [-0.1, -0.05) is 112 Å². The van der Waals surface area contributed by atoms with Crippen molar-refractivity contribution in [3.63, 3.8) is 0 Å². The van der Waals surface area contributed by atoms with Crippen molar-refractivity contribution in [1.82, 2.24) is 4.90 Å². The van der Waals surface area contributed by atoms with E-state index in [1.165, 1.54) is 85.6 Å². The lowest BCUT2D eigenvalue weighted by Gasteiger charge is -2.40. The lowest BCUT2D eigenvalue weighted by atomic mass is 9.87. The van der Waals surface area contributed by atoms with Gasteiger partial charge in [0.2, 0.25) is 0 Å². The smallest absolute Gasteiger partial charge is 0.156 e. The van der Waals surface area contributed by atoms with Crippen LogP contribution < -0.4 is 0 Å². The number of hydrogen-bond acceptors (Lipinski definition) is 3. The molecule has 2 aliphatic rings. The predicted molar refractivity (Wildman–Crippen MR) is 193 cm³/mol. The molecule has 0 aromatic heterocycles. The Labute approximate surface area is 274 Å². The van der Waals surface area contributed by atoms with Crippen LogP contribution in [-0.2, 0) is 22.4 Å². The lowest BCUT2D eigenvalue weighted by Crippen LogP contribution is -2.52. The van der Waals surface area contributed by atoms with Gasteiger partial charge in [0, 0.05) is 12.8 Å². The number of piperidine rings is 1. The van der Waals surface area contributed by atoms with Crippen LogP contribution >= 0.6 is 15.9 Å². The van der Waals surface area contributed by atoms with E-state index in [9.17, 15) is 9.59 Å². The number of likely N-dealkylation sites (tertiary alicyclic amines) is 1. The molecule has 0 atom stereocenters. The third-order valence-electron chi connectivity index (χ3n) is 8.96. The maximum absolute atomic E-state index is 12.8. The van der Waals surface area contributed by atoms with Crippen LogP contribution in [0.15, 0.2) is 36.4 Å². The van der Waals surface area contributed by atoms with Crippen molar-refractivity contribution in [2.75, 3.05) is 13.1 Å². The summed E-state index contributed by atoms with van der Waals surface area (Å²) in [6.07, 6.45) is 13.8. The molecule has 2 aromatic rings. The molecule has 0 N–H and O–H groups in total. The summed E-state index contributed by atoms with van der Waals surface area (Å²) in [7, 11) is 0. The number of nitrogens with zero attached hydrogens (tertiary/aromatic N) is 1.